The highest BCUT2D eigenvalue weighted by atomic mass is 32.2. The predicted molar refractivity (Wildman–Crippen MR) is 139 cm³/mol. The zero-order valence-corrected chi connectivity index (χ0v) is 20.7. The average Bonchev–Trinajstić information content (AvgIpc) is 3.26. The lowest BCUT2D eigenvalue weighted by molar-refractivity contribution is -0.118. The molecule has 2 N–H and O–H groups in total. The van der Waals surface area contributed by atoms with Crippen molar-refractivity contribution >= 4 is 50.1 Å². The van der Waals surface area contributed by atoms with Crippen molar-refractivity contribution in [3.63, 3.8) is 0 Å². The molecular formula is C24H26N8O3S. The second-order valence-electron chi connectivity index (χ2n) is 8.53. The van der Waals surface area contributed by atoms with E-state index in [9.17, 15) is 13.2 Å². The molecule has 0 radical (unpaired) electrons. The molecule has 1 aromatic carbocycles. The van der Waals surface area contributed by atoms with E-state index in [0.29, 0.717) is 37.0 Å². The molecule has 0 bridgehead atoms. The summed E-state index contributed by atoms with van der Waals surface area (Å²) in [6.07, 6.45) is 6.35. The summed E-state index contributed by atoms with van der Waals surface area (Å²) in [6, 6.07) is 13.1. The monoisotopic (exact) mass is 506 g/mol. The molecule has 0 aliphatic carbocycles. The second-order valence-corrected chi connectivity index (χ2v) is 10.5. The molecular weight excluding hydrogens is 480 g/mol. The highest BCUT2D eigenvalue weighted by molar-refractivity contribution is 7.92. The summed E-state index contributed by atoms with van der Waals surface area (Å²) in [4.78, 5) is 27.3. The molecule has 1 saturated heterocycles. The number of anilines is 4. The van der Waals surface area contributed by atoms with Gasteiger partial charge in [0.25, 0.3) is 0 Å². The quantitative estimate of drug-likeness (QED) is 0.390. The SMILES string of the molecule is CN(c1ncccc1Cn1ccc2cnc(Nc3ccc(N4CCNCC4=O)cc3)nc21)S(C)(=O)=O. The van der Waals surface area contributed by atoms with Crippen molar-refractivity contribution in [1.82, 2.24) is 24.8 Å². The first kappa shape index (κ1) is 23.7. The van der Waals surface area contributed by atoms with Gasteiger partial charge in [0.05, 0.1) is 19.3 Å². The number of piperazine rings is 1. The van der Waals surface area contributed by atoms with E-state index in [0.717, 1.165) is 35.1 Å². The summed E-state index contributed by atoms with van der Waals surface area (Å²) < 4.78 is 27.2. The Morgan fingerprint density at radius 3 is 2.69 bits per heavy atom. The van der Waals surface area contributed by atoms with Crippen molar-refractivity contribution in [1.29, 1.82) is 0 Å². The molecule has 0 unspecified atom stereocenters. The van der Waals surface area contributed by atoms with E-state index in [2.05, 4.69) is 25.6 Å². The lowest BCUT2D eigenvalue weighted by Gasteiger charge is -2.27. The topological polar surface area (TPSA) is 125 Å². The van der Waals surface area contributed by atoms with Gasteiger partial charge in [0, 0.05) is 61.1 Å². The molecule has 36 heavy (non-hydrogen) atoms. The van der Waals surface area contributed by atoms with Crippen LogP contribution in [0, 0.1) is 0 Å². The van der Waals surface area contributed by atoms with Gasteiger partial charge in [0.1, 0.15) is 11.5 Å². The fraction of sp³-hybridized carbons (Fsp3) is 0.250. The first-order valence-electron chi connectivity index (χ1n) is 11.4. The van der Waals surface area contributed by atoms with Gasteiger partial charge in [-0.2, -0.15) is 4.98 Å². The van der Waals surface area contributed by atoms with Crippen LogP contribution in [-0.2, 0) is 21.4 Å². The molecule has 12 heteroatoms. The molecule has 11 nitrogen and oxygen atoms in total. The van der Waals surface area contributed by atoms with Gasteiger partial charge in [-0.25, -0.2) is 18.4 Å². The molecule has 4 aromatic rings. The molecule has 3 aromatic heterocycles. The Morgan fingerprint density at radius 1 is 1.14 bits per heavy atom. The molecule has 5 rings (SSSR count). The van der Waals surface area contributed by atoms with E-state index in [1.807, 2.05) is 47.2 Å². The summed E-state index contributed by atoms with van der Waals surface area (Å²) in [5, 5.41) is 7.14. The van der Waals surface area contributed by atoms with Crippen LogP contribution in [-0.4, -0.2) is 66.8 Å². The van der Waals surface area contributed by atoms with Gasteiger partial charge >= 0.3 is 0 Å². The third-order valence-corrected chi connectivity index (χ3v) is 7.20. The molecule has 4 heterocycles. The number of hydrogen-bond donors (Lipinski definition) is 2. The van der Waals surface area contributed by atoms with Crippen LogP contribution in [0.1, 0.15) is 5.56 Å². The molecule has 1 aliphatic rings. The molecule has 1 fully saturated rings. The van der Waals surface area contributed by atoms with Gasteiger partial charge in [-0.05, 0) is 36.4 Å². The largest absolute Gasteiger partial charge is 0.328 e. The number of aromatic nitrogens is 4. The number of fused-ring (bicyclic) bond motifs is 1. The molecule has 1 aliphatic heterocycles. The predicted octanol–water partition coefficient (Wildman–Crippen LogP) is 1.95. The van der Waals surface area contributed by atoms with Crippen molar-refractivity contribution in [2.75, 3.05) is 47.5 Å². The fourth-order valence-electron chi connectivity index (χ4n) is 4.07. The Labute approximate surface area is 208 Å². The number of hydrogen-bond acceptors (Lipinski definition) is 8. The zero-order valence-electron chi connectivity index (χ0n) is 19.9. The lowest BCUT2D eigenvalue weighted by atomic mass is 10.2. The molecule has 0 atom stereocenters. The summed E-state index contributed by atoms with van der Waals surface area (Å²) in [5.74, 6) is 0.849. The van der Waals surface area contributed by atoms with E-state index >= 15 is 0 Å². The minimum atomic E-state index is -3.45. The van der Waals surface area contributed by atoms with Crippen LogP contribution in [0.4, 0.5) is 23.1 Å². The van der Waals surface area contributed by atoms with Crippen LogP contribution in [0.15, 0.2) is 61.1 Å². The first-order chi connectivity index (χ1) is 17.3. The van der Waals surface area contributed by atoms with Crippen LogP contribution in [0.3, 0.4) is 0 Å². The fourth-order valence-corrected chi connectivity index (χ4v) is 4.55. The number of carbonyl (C=O) groups excluding carboxylic acids is 1. The van der Waals surface area contributed by atoms with E-state index in [1.54, 1.807) is 23.4 Å². The number of pyridine rings is 1. The highest BCUT2D eigenvalue weighted by Gasteiger charge is 2.20. The van der Waals surface area contributed by atoms with E-state index in [4.69, 9.17) is 0 Å². The number of benzene rings is 1. The Kier molecular flexibility index (Phi) is 6.29. The first-order valence-corrected chi connectivity index (χ1v) is 13.2. The Morgan fingerprint density at radius 2 is 1.94 bits per heavy atom. The molecule has 0 spiro atoms. The Hall–Kier alpha value is -4.03. The average molecular weight is 507 g/mol. The van der Waals surface area contributed by atoms with Crippen LogP contribution in [0.5, 0.6) is 0 Å². The highest BCUT2D eigenvalue weighted by Crippen LogP contribution is 2.24. The number of sulfonamides is 1. The van der Waals surface area contributed by atoms with Crippen molar-refractivity contribution in [2.24, 2.45) is 0 Å². The second kappa shape index (κ2) is 9.55. The lowest BCUT2D eigenvalue weighted by Crippen LogP contribution is -2.48. The summed E-state index contributed by atoms with van der Waals surface area (Å²) >= 11 is 0. The zero-order chi connectivity index (χ0) is 25.3. The molecule has 186 valence electrons. The van der Waals surface area contributed by atoms with Gasteiger partial charge in [-0.3, -0.25) is 9.10 Å². The van der Waals surface area contributed by atoms with Crippen molar-refractivity contribution < 1.29 is 13.2 Å². The van der Waals surface area contributed by atoms with Crippen molar-refractivity contribution in [2.45, 2.75) is 6.54 Å². The standard InChI is InChI=1S/C24H26N8O3S/c1-30(36(2,34)35)22-18(4-3-10-26-22)16-31-12-9-17-14-27-24(29-23(17)31)28-19-5-7-20(8-6-19)32-13-11-25-15-21(32)33/h3-10,12,14,25H,11,13,15-16H2,1-2H3,(H,27,28,29). The molecule has 0 saturated carbocycles. The minimum absolute atomic E-state index is 0.0519. The maximum atomic E-state index is 12.1. The number of nitrogens with zero attached hydrogens (tertiary/aromatic N) is 6. The maximum absolute atomic E-state index is 12.1. The Balaban J connectivity index is 1.38. The summed E-state index contributed by atoms with van der Waals surface area (Å²) in [7, 11) is -1.96. The number of amides is 1. The normalized spacial score (nSPS) is 14.3. The number of nitrogens with one attached hydrogen (secondary N) is 2. The van der Waals surface area contributed by atoms with Gasteiger partial charge in [0.15, 0.2) is 0 Å². The Bertz CT molecular complexity index is 1520. The smallest absolute Gasteiger partial charge is 0.240 e. The number of carbonyl (C=O) groups is 1. The van der Waals surface area contributed by atoms with Gasteiger partial charge in [0.2, 0.25) is 21.9 Å². The van der Waals surface area contributed by atoms with Crippen molar-refractivity contribution in [3.8, 4) is 0 Å². The van der Waals surface area contributed by atoms with Gasteiger partial charge in [-0.15, -0.1) is 0 Å². The van der Waals surface area contributed by atoms with Crippen molar-refractivity contribution in [3.05, 3.63) is 66.6 Å². The van der Waals surface area contributed by atoms with E-state index in [-0.39, 0.29) is 5.91 Å². The van der Waals surface area contributed by atoms with Gasteiger partial charge in [-0.1, -0.05) is 6.07 Å². The summed E-state index contributed by atoms with van der Waals surface area (Å²) in [5.41, 5.74) is 3.09. The van der Waals surface area contributed by atoms with Gasteiger partial charge < -0.3 is 20.1 Å². The number of rotatable bonds is 7. The van der Waals surface area contributed by atoms with E-state index in [1.165, 1.54) is 11.4 Å². The minimum Gasteiger partial charge on any atom is -0.328 e. The maximum Gasteiger partial charge on any atom is 0.240 e. The third-order valence-electron chi connectivity index (χ3n) is 6.03. The van der Waals surface area contributed by atoms with Crippen LogP contribution < -0.4 is 19.8 Å². The molecule has 1 amide bonds. The van der Waals surface area contributed by atoms with Crippen LogP contribution >= 0.6 is 0 Å². The van der Waals surface area contributed by atoms with E-state index < -0.39 is 10.0 Å². The van der Waals surface area contributed by atoms with Crippen LogP contribution in [0.25, 0.3) is 11.0 Å². The van der Waals surface area contributed by atoms with Crippen LogP contribution in [0.2, 0.25) is 0 Å². The third kappa shape index (κ3) is 4.86. The summed E-state index contributed by atoms with van der Waals surface area (Å²) in [6.45, 7) is 2.14.